The summed E-state index contributed by atoms with van der Waals surface area (Å²) in [6, 6.07) is 8.18. The van der Waals surface area contributed by atoms with E-state index in [1.807, 2.05) is 37.0 Å². The molecule has 0 bridgehead atoms. The fourth-order valence-electron chi connectivity index (χ4n) is 5.74. The van der Waals surface area contributed by atoms with Gasteiger partial charge in [0.05, 0.1) is 0 Å². The molecule has 1 fully saturated rings. The monoisotopic (exact) mass is 480 g/mol. The summed E-state index contributed by atoms with van der Waals surface area (Å²) < 4.78 is 13.5. The van der Waals surface area contributed by atoms with Gasteiger partial charge in [0.1, 0.15) is 17.2 Å². The van der Waals surface area contributed by atoms with Crippen LogP contribution < -0.4 is 5.32 Å². The van der Waals surface area contributed by atoms with E-state index in [1.165, 1.54) is 18.6 Å². The number of likely N-dealkylation sites (tertiary alicyclic amines) is 1. The van der Waals surface area contributed by atoms with E-state index < -0.39 is 5.54 Å². The Morgan fingerprint density at radius 3 is 2.69 bits per heavy atom. The Kier molecular flexibility index (Phi) is 7.85. The molecule has 0 saturated carbocycles. The minimum absolute atomic E-state index is 0.0501. The highest BCUT2D eigenvalue weighted by atomic mass is 19.1. The van der Waals surface area contributed by atoms with Gasteiger partial charge in [0.15, 0.2) is 0 Å². The number of amides is 2. The average Bonchev–Trinajstić information content (AvgIpc) is 3.10. The van der Waals surface area contributed by atoms with Crippen LogP contribution >= 0.6 is 0 Å². The Balaban J connectivity index is 1.27. The van der Waals surface area contributed by atoms with Gasteiger partial charge < -0.3 is 10.2 Å². The zero-order chi connectivity index (χ0) is 25.0. The van der Waals surface area contributed by atoms with Crippen molar-refractivity contribution >= 4 is 23.3 Å². The number of benzene rings is 1. The molecule has 6 nitrogen and oxygen atoms in total. The molecule has 188 valence electrons. The van der Waals surface area contributed by atoms with Crippen molar-refractivity contribution in [2.45, 2.75) is 64.3 Å². The number of nitrogens with one attached hydrogen (secondary N) is 1. The number of piperidine rings is 1. The molecule has 1 saturated heterocycles. The third kappa shape index (κ3) is 5.56. The van der Waals surface area contributed by atoms with Crippen molar-refractivity contribution < 1.29 is 14.0 Å². The molecule has 2 amide bonds. The van der Waals surface area contributed by atoms with Crippen molar-refractivity contribution in [3.8, 4) is 0 Å². The molecule has 2 aliphatic heterocycles. The van der Waals surface area contributed by atoms with Gasteiger partial charge in [-0.3, -0.25) is 19.5 Å². The first-order valence-corrected chi connectivity index (χ1v) is 12.8. The van der Waals surface area contributed by atoms with Crippen LogP contribution in [0.2, 0.25) is 0 Å². The van der Waals surface area contributed by atoms with E-state index in [0.29, 0.717) is 25.3 Å². The fourth-order valence-corrected chi connectivity index (χ4v) is 5.74. The van der Waals surface area contributed by atoms with Crippen LogP contribution in [-0.2, 0) is 9.59 Å². The van der Waals surface area contributed by atoms with Crippen molar-refractivity contribution in [2.75, 3.05) is 31.5 Å². The van der Waals surface area contributed by atoms with Crippen LogP contribution in [0, 0.1) is 5.92 Å². The summed E-state index contributed by atoms with van der Waals surface area (Å²) in [4.78, 5) is 34.0. The van der Waals surface area contributed by atoms with E-state index in [1.54, 1.807) is 6.08 Å². The van der Waals surface area contributed by atoms with E-state index in [4.69, 9.17) is 4.99 Å². The van der Waals surface area contributed by atoms with Gasteiger partial charge >= 0.3 is 0 Å². The molecule has 2 atom stereocenters. The number of hydrogen-bond acceptors (Lipinski definition) is 4. The highest BCUT2D eigenvalue weighted by Gasteiger charge is 2.50. The van der Waals surface area contributed by atoms with Crippen LogP contribution in [0.3, 0.4) is 0 Å². The third-order valence-corrected chi connectivity index (χ3v) is 7.70. The average molecular weight is 481 g/mol. The maximum absolute atomic E-state index is 13.5. The molecular weight excluding hydrogens is 443 g/mol. The fraction of sp³-hybridized carbons (Fsp3) is 0.536. The second-order valence-electron chi connectivity index (χ2n) is 9.96. The lowest BCUT2D eigenvalue weighted by atomic mass is 9.78. The van der Waals surface area contributed by atoms with Gasteiger partial charge in [-0.2, -0.15) is 0 Å². The standard InChI is InChI=1S/C28H37FN4O2/c1-4-28(24-9-11-25(29)12-10-24)27(35)33(20(2)31-28)16-6-15-32-17-13-22(14-18-32)23-7-5-8-26(19-23)30-21(3)34/h5,7-9,11-12,19,22,24H,4,6,10,13-18H2,1-3H3,(H,30,34). The van der Waals surface area contributed by atoms with E-state index in [0.717, 1.165) is 50.4 Å². The van der Waals surface area contributed by atoms with Gasteiger partial charge in [-0.1, -0.05) is 25.1 Å². The molecule has 0 spiro atoms. The summed E-state index contributed by atoms with van der Waals surface area (Å²) >= 11 is 0. The predicted molar refractivity (Wildman–Crippen MR) is 138 cm³/mol. The number of amidine groups is 1. The number of carbonyl (C=O) groups is 2. The van der Waals surface area contributed by atoms with Crippen LogP contribution in [0.1, 0.15) is 64.4 Å². The van der Waals surface area contributed by atoms with Crippen molar-refractivity contribution in [1.82, 2.24) is 9.80 Å². The minimum Gasteiger partial charge on any atom is -0.326 e. The maximum Gasteiger partial charge on any atom is 0.256 e. The Morgan fingerprint density at radius 2 is 2.03 bits per heavy atom. The van der Waals surface area contributed by atoms with E-state index in [-0.39, 0.29) is 23.6 Å². The van der Waals surface area contributed by atoms with Gasteiger partial charge in [-0.15, -0.1) is 0 Å². The molecule has 1 aliphatic carbocycles. The number of aliphatic imine (C=N–C) groups is 1. The lowest BCUT2D eigenvalue weighted by Gasteiger charge is -2.33. The largest absolute Gasteiger partial charge is 0.326 e. The molecule has 4 rings (SSSR count). The highest BCUT2D eigenvalue weighted by Crippen LogP contribution is 2.39. The molecule has 7 heteroatoms. The van der Waals surface area contributed by atoms with Crippen molar-refractivity contribution in [3.63, 3.8) is 0 Å². The van der Waals surface area contributed by atoms with E-state index in [2.05, 4.69) is 22.3 Å². The van der Waals surface area contributed by atoms with E-state index >= 15 is 0 Å². The minimum atomic E-state index is -0.804. The summed E-state index contributed by atoms with van der Waals surface area (Å²) in [5.74, 6) is 0.953. The van der Waals surface area contributed by atoms with Gasteiger partial charge in [0.2, 0.25) is 5.91 Å². The first-order valence-electron chi connectivity index (χ1n) is 12.8. The van der Waals surface area contributed by atoms with Crippen LogP contribution in [-0.4, -0.2) is 59.2 Å². The molecule has 3 aliphatic rings. The number of nitrogens with zero attached hydrogens (tertiary/aromatic N) is 3. The highest BCUT2D eigenvalue weighted by molar-refractivity contribution is 6.07. The summed E-state index contributed by atoms with van der Waals surface area (Å²) in [7, 11) is 0. The van der Waals surface area contributed by atoms with Gasteiger partial charge in [-0.05, 0) is 94.4 Å². The second-order valence-corrected chi connectivity index (χ2v) is 9.96. The summed E-state index contributed by atoms with van der Waals surface area (Å²) in [6.07, 6.45) is 9.03. The van der Waals surface area contributed by atoms with Crippen molar-refractivity contribution in [2.24, 2.45) is 10.9 Å². The molecule has 0 aromatic heterocycles. The Hall–Kier alpha value is -2.80. The third-order valence-electron chi connectivity index (χ3n) is 7.70. The molecule has 1 aromatic carbocycles. The van der Waals surface area contributed by atoms with Gasteiger partial charge in [-0.25, -0.2) is 4.39 Å². The topological polar surface area (TPSA) is 65.0 Å². The molecule has 2 unspecified atom stereocenters. The number of halogens is 1. The zero-order valence-electron chi connectivity index (χ0n) is 21.1. The summed E-state index contributed by atoms with van der Waals surface area (Å²) in [6.45, 7) is 9.11. The molecule has 2 heterocycles. The Labute approximate surface area is 208 Å². The SMILES string of the molecule is CCC1(C2C=CC(F)=CC2)N=C(C)N(CCCN2CCC(c3cccc(NC(C)=O)c3)CC2)C1=O. The van der Waals surface area contributed by atoms with Crippen LogP contribution in [0.4, 0.5) is 10.1 Å². The first kappa shape index (κ1) is 25.3. The Bertz CT molecular complexity index is 1040. The summed E-state index contributed by atoms with van der Waals surface area (Å²) in [5, 5.41) is 2.87. The lowest BCUT2D eigenvalue weighted by molar-refractivity contribution is -0.132. The molecular formula is C28H37FN4O2. The van der Waals surface area contributed by atoms with Crippen LogP contribution in [0.5, 0.6) is 0 Å². The maximum atomic E-state index is 13.5. The molecule has 1 N–H and O–H groups in total. The van der Waals surface area contributed by atoms with Gasteiger partial charge in [0.25, 0.3) is 5.91 Å². The number of allylic oxidation sites excluding steroid dienone is 3. The molecule has 0 radical (unpaired) electrons. The van der Waals surface area contributed by atoms with Crippen LogP contribution in [0.15, 0.2) is 53.3 Å². The van der Waals surface area contributed by atoms with E-state index in [9.17, 15) is 14.0 Å². The van der Waals surface area contributed by atoms with Crippen LogP contribution in [0.25, 0.3) is 0 Å². The van der Waals surface area contributed by atoms with Crippen molar-refractivity contribution in [3.05, 3.63) is 53.9 Å². The summed E-state index contributed by atoms with van der Waals surface area (Å²) in [5.41, 5.74) is 1.34. The molecule has 35 heavy (non-hydrogen) atoms. The first-order chi connectivity index (χ1) is 16.8. The lowest BCUT2D eigenvalue weighted by Crippen LogP contribution is -2.47. The number of carbonyl (C=O) groups excluding carboxylic acids is 2. The number of anilines is 1. The quantitative estimate of drug-likeness (QED) is 0.566. The Morgan fingerprint density at radius 1 is 1.26 bits per heavy atom. The predicted octanol–water partition coefficient (Wildman–Crippen LogP) is 5.05. The molecule has 1 aromatic rings. The number of hydrogen-bond donors (Lipinski definition) is 1. The second kappa shape index (κ2) is 10.9. The normalized spacial score (nSPS) is 25.5. The smallest absolute Gasteiger partial charge is 0.256 e. The number of rotatable bonds is 8. The van der Waals surface area contributed by atoms with Gasteiger partial charge in [0, 0.05) is 25.1 Å². The zero-order valence-corrected chi connectivity index (χ0v) is 21.1. The van der Waals surface area contributed by atoms with Crippen molar-refractivity contribution in [1.29, 1.82) is 0 Å².